The van der Waals surface area contributed by atoms with Gasteiger partial charge in [-0.15, -0.1) is 0 Å². The minimum absolute atomic E-state index is 0.266. The quantitative estimate of drug-likeness (QED) is 0.714. The van der Waals surface area contributed by atoms with E-state index in [4.69, 9.17) is 0 Å². The van der Waals surface area contributed by atoms with Crippen molar-refractivity contribution in [3.05, 3.63) is 89.0 Å². The molecule has 3 aromatic rings. The number of anilines is 1. The van der Waals surface area contributed by atoms with E-state index in [1.807, 2.05) is 31.2 Å². The van der Waals surface area contributed by atoms with Crippen molar-refractivity contribution in [1.29, 1.82) is 0 Å². The van der Waals surface area contributed by atoms with Crippen molar-refractivity contribution in [1.82, 2.24) is 15.3 Å². The van der Waals surface area contributed by atoms with Gasteiger partial charge in [0.25, 0.3) is 5.91 Å². The largest absolute Gasteiger partial charge is 0.350 e. The monoisotopic (exact) mass is 350 g/mol. The van der Waals surface area contributed by atoms with Crippen LogP contribution in [0.15, 0.2) is 60.8 Å². The molecule has 0 bridgehead atoms. The van der Waals surface area contributed by atoms with Gasteiger partial charge < -0.3 is 10.6 Å². The second kappa shape index (κ2) is 8.20. The highest BCUT2D eigenvalue weighted by Crippen LogP contribution is 2.07. The third kappa shape index (κ3) is 4.86. The van der Waals surface area contributed by atoms with Crippen LogP contribution in [-0.4, -0.2) is 15.9 Å². The van der Waals surface area contributed by atoms with Crippen molar-refractivity contribution in [3.8, 4) is 0 Å². The van der Waals surface area contributed by atoms with Crippen molar-refractivity contribution < 1.29 is 9.18 Å². The molecule has 0 spiro atoms. The summed E-state index contributed by atoms with van der Waals surface area (Å²) in [6, 6.07) is 15.7. The molecule has 2 N–H and O–H groups in total. The number of amides is 1. The Labute approximate surface area is 151 Å². The first-order valence-corrected chi connectivity index (χ1v) is 8.25. The van der Waals surface area contributed by atoms with Gasteiger partial charge in [-0.1, -0.05) is 42.0 Å². The molecule has 5 nitrogen and oxygen atoms in total. The predicted octanol–water partition coefficient (Wildman–Crippen LogP) is 3.47. The molecule has 132 valence electrons. The van der Waals surface area contributed by atoms with E-state index in [1.165, 1.54) is 23.9 Å². The van der Waals surface area contributed by atoms with Crippen LogP contribution in [0.2, 0.25) is 0 Å². The first-order chi connectivity index (χ1) is 12.6. The minimum atomic E-state index is -0.280. The molecule has 0 saturated heterocycles. The number of carbonyl (C=O) groups is 1. The molecule has 0 aliphatic heterocycles. The number of benzene rings is 2. The van der Waals surface area contributed by atoms with Crippen LogP contribution in [0.3, 0.4) is 0 Å². The lowest BCUT2D eigenvalue weighted by Crippen LogP contribution is -2.24. The molecule has 26 heavy (non-hydrogen) atoms. The Morgan fingerprint density at radius 2 is 1.62 bits per heavy atom. The fourth-order valence-electron chi connectivity index (χ4n) is 2.33. The van der Waals surface area contributed by atoms with Crippen LogP contribution in [0.25, 0.3) is 0 Å². The Morgan fingerprint density at radius 3 is 2.35 bits per heavy atom. The fraction of sp³-hybridized carbons (Fsp3) is 0.150. The van der Waals surface area contributed by atoms with Crippen LogP contribution in [0.5, 0.6) is 0 Å². The minimum Gasteiger partial charge on any atom is -0.350 e. The molecule has 0 atom stereocenters. The second-order valence-corrected chi connectivity index (χ2v) is 5.91. The molecule has 0 saturated carbocycles. The van der Waals surface area contributed by atoms with E-state index in [1.54, 1.807) is 18.2 Å². The number of carbonyl (C=O) groups excluding carboxylic acids is 1. The van der Waals surface area contributed by atoms with Gasteiger partial charge in [-0.25, -0.2) is 14.4 Å². The van der Waals surface area contributed by atoms with Crippen LogP contribution in [0.4, 0.5) is 10.3 Å². The van der Waals surface area contributed by atoms with E-state index in [2.05, 4.69) is 20.6 Å². The second-order valence-electron chi connectivity index (χ2n) is 5.91. The van der Waals surface area contributed by atoms with Gasteiger partial charge in [-0.05, 0) is 36.2 Å². The highest BCUT2D eigenvalue weighted by molar-refractivity contribution is 5.92. The smallest absolute Gasteiger partial charge is 0.270 e. The third-order valence-corrected chi connectivity index (χ3v) is 3.83. The molecule has 0 aliphatic carbocycles. The number of aromatic nitrogens is 2. The fourth-order valence-corrected chi connectivity index (χ4v) is 2.33. The van der Waals surface area contributed by atoms with Gasteiger partial charge in [-0.3, -0.25) is 4.79 Å². The normalized spacial score (nSPS) is 10.4. The molecule has 0 unspecified atom stereocenters. The van der Waals surface area contributed by atoms with E-state index >= 15 is 0 Å². The van der Waals surface area contributed by atoms with Crippen molar-refractivity contribution in [3.63, 3.8) is 0 Å². The molecule has 1 heterocycles. The summed E-state index contributed by atoms with van der Waals surface area (Å²) in [5, 5.41) is 5.87. The van der Waals surface area contributed by atoms with Gasteiger partial charge in [0.15, 0.2) is 0 Å². The van der Waals surface area contributed by atoms with E-state index in [9.17, 15) is 9.18 Å². The molecular weight excluding hydrogens is 331 g/mol. The Kier molecular flexibility index (Phi) is 5.53. The molecular formula is C20H19FN4O. The SMILES string of the molecule is Cc1ccc(CNC(=O)c2ccnc(NCc3ccc(F)cc3)n2)cc1. The van der Waals surface area contributed by atoms with Gasteiger partial charge in [0, 0.05) is 19.3 Å². The molecule has 1 amide bonds. The Balaban J connectivity index is 1.58. The van der Waals surface area contributed by atoms with E-state index in [0.29, 0.717) is 19.0 Å². The standard InChI is InChI=1S/C20H19FN4O/c1-14-2-4-15(5-3-14)12-23-19(26)18-10-11-22-20(25-18)24-13-16-6-8-17(21)9-7-16/h2-11H,12-13H2,1H3,(H,23,26)(H,22,24,25). The van der Waals surface area contributed by atoms with Crippen LogP contribution >= 0.6 is 0 Å². The average molecular weight is 350 g/mol. The lowest BCUT2D eigenvalue weighted by Gasteiger charge is -2.08. The topological polar surface area (TPSA) is 66.9 Å². The number of hydrogen-bond donors (Lipinski definition) is 2. The van der Waals surface area contributed by atoms with Crippen LogP contribution < -0.4 is 10.6 Å². The summed E-state index contributed by atoms with van der Waals surface area (Å²) in [6.45, 7) is 2.89. The summed E-state index contributed by atoms with van der Waals surface area (Å²) in [7, 11) is 0. The number of nitrogens with zero attached hydrogens (tertiary/aromatic N) is 2. The Morgan fingerprint density at radius 1 is 0.962 bits per heavy atom. The highest BCUT2D eigenvalue weighted by atomic mass is 19.1. The zero-order chi connectivity index (χ0) is 18.4. The molecule has 0 radical (unpaired) electrons. The van der Waals surface area contributed by atoms with Gasteiger partial charge >= 0.3 is 0 Å². The maximum atomic E-state index is 12.9. The van der Waals surface area contributed by atoms with Crippen molar-refractivity contribution in [2.24, 2.45) is 0 Å². The lowest BCUT2D eigenvalue weighted by molar-refractivity contribution is 0.0946. The molecule has 0 aliphatic rings. The summed E-state index contributed by atoms with van der Waals surface area (Å²) >= 11 is 0. The van der Waals surface area contributed by atoms with Crippen molar-refractivity contribution >= 4 is 11.9 Å². The van der Waals surface area contributed by atoms with Gasteiger partial charge in [0.05, 0.1) is 0 Å². The molecule has 3 rings (SSSR count). The summed E-state index contributed by atoms with van der Waals surface area (Å²) < 4.78 is 12.9. The first kappa shape index (κ1) is 17.5. The number of nitrogens with one attached hydrogen (secondary N) is 2. The van der Waals surface area contributed by atoms with E-state index < -0.39 is 0 Å². The lowest BCUT2D eigenvalue weighted by atomic mass is 10.1. The number of hydrogen-bond acceptors (Lipinski definition) is 4. The molecule has 0 fully saturated rings. The van der Waals surface area contributed by atoms with Crippen LogP contribution in [-0.2, 0) is 13.1 Å². The number of aryl methyl sites for hydroxylation is 1. The van der Waals surface area contributed by atoms with E-state index in [0.717, 1.165) is 11.1 Å². The van der Waals surface area contributed by atoms with Crippen LogP contribution in [0, 0.1) is 12.7 Å². The van der Waals surface area contributed by atoms with Gasteiger partial charge in [-0.2, -0.15) is 0 Å². The molecule has 6 heteroatoms. The Bertz CT molecular complexity index is 879. The maximum Gasteiger partial charge on any atom is 0.270 e. The average Bonchev–Trinajstić information content (AvgIpc) is 2.67. The summed E-state index contributed by atoms with van der Waals surface area (Å²) in [6.07, 6.45) is 1.53. The first-order valence-electron chi connectivity index (χ1n) is 8.25. The zero-order valence-electron chi connectivity index (χ0n) is 14.4. The summed E-state index contributed by atoms with van der Waals surface area (Å²) in [4.78, 5) is 20.6. The zero-order valence-corrected chi connectivity index (χ0v) is 14.4. The predicted molar refractivity (Wildman–Crippen MR) is 98.1 cm³/mol. The summed E-state index contributed by atoms with van der Waals surface area (Å²) in [5.41, 5.74) is 3.37. The highest BCUT2D eigenvalue weighted by Gasteiger charge is 2.08. The number of halogens is 1. The Hall–Kier alpha value is -3.28. The van der Waals surface area contributed by atoms with E-state index in [-0.39, 0.29) is 17.4 Å². The molecule has 2 aromatic carbocycles. The van der Waals surface area contributed by atoms with Gasteiger partial charge in [0.1, 0.15) is 11.5 Å². The third-order valence-electron chi connectivity index (χ3n) is 3.83. The summed E-state index contributed by atoms with van der Waals surface area (Å²) in [5.74, 6) is -0.202. The van der Waals surface area contributed by atoms with Crippen LogP contribution in [0.1, 0.15) is 27.2 Å². The van der Waals surface area contributed by atoms with Crippen molar-refractivity contribution in [2.45, 2.75) is 20.0 Å². The maximum absolute atomic E-state index is 12.9. The van der Waals surface area contributed by atoms with Gasteiger partial charge in [0.2, 0.25) is 5.95 Å². The molecule has 1 aromatic heterocycles. The van der Waals surface area contributed by atoms with Crippen molar-refractivity contribution in [2.75, 3.05) is 5.32 Å². The number of rotatable bonds is 6.